The van der Waals surface area contributed by atoms with E-state index in [1.165, 1.54) is 0 Å². The lowest BCUT2D eigenvalue weighted by Crippen LogP contribution is -2.47. The fourth-order valence-electron chi connectivity index (χ4n) is 2.78. The molecule has 1 saturated heterocycles. The van der Waals surface area contributed by atoms with Gasteiger partial charge in [-0.2, -0.15) is 0 Å². The van der Waals surface area contributed by atoms with E-state index in [0.717, 1.165) is 28.3 Å². The minimum Gasteiger partial charge on any atom is -0.375 e. The summed E-state index contributed by atoms with van der Waals surface area (Å²) in [5.74, 6) is 0.0277. The lowest BCUT2D eigenvalue weighted by molar-refractivity contribution is -0.126. The number of hydrogen-bond donors (Lipinski definition) is 1. The van der Waals surface area contributed by atoms with Crippen molar-refractivity contribution >= 4 is 27.5 Å². The second kappa shape index (κ2) is 7.38. The molecule has 3 rings (SSSR count). The van der Waals surface area contributed by atoms with Gasteiger partial charge in [-0.1, -0.05) is 12.1 Å². The van der Waals surface area contributed by atoms with E-state index in [2.05, 4.69) is 35.1 Å². The molecule has 2 heterocycles. The fourth-order valence-corrected chi connectivity index (χ4v) is 3.69. The highest BCUT2D eigenvalue weighted by Crippen LogP contribution is 2.21. The number of rotatable bonds is 5. The second-order valence-electron chi connectivity index (χ2n) is 6.14. The van der Waals surface area contributed by atoms with Crippen LogP contribution in [0, 0.1) is 0 Å². The number of ether oxygens (including phenoxy) is 1. The molecule has 124 valence electrons. The summed E-state index contributed by atoms with van der Waals surface area (Å²) in [7, 11) is 0. The van der Waals surface area contributed by atoms with Gasteiger partial charge in [-0.25, -0.2) is 4.98 Å². The molecule has 0 saturated carbocycles. The molecule has 0 radical (unpaired) electrons. The number of nitrogens with one attached hydrogen (secondary N) is 1. The van der Waals surface area contributed by atoms with Gasteiger partial charge in [0.15, 0.2) is 0 Å². The molecule has 0 spiro atoms. The van der Waals surface area contributed by atoms with E-state index in [9.17, 15) is 4.79 Å². The van der Waals surface area contributed by atoms with E-state index >= 15 is 0 Å². The van der Waals surface area contributed by atoms with Crippen molar-refractivity contribution in [1.82, 2.24) is 15.2 Å². The molecule has 1 N–H and O–H groups in total. The van der Waals surface area contributed by atoms with Crippen LogP contribution in [-0.2, 0) is 16.1 Å². The van der Waals surface area contributed by atoms with Crippen molar-refractivity contribution in [2.24, 2.45) is 0 Å². The summed E-state index contributed by atoms with van der Waals surface area (Å²) < 4.78 is 6.87. The smallest absolute Gasteiger partial charge is 0.223 e. The van der Waals surface area contributed by atoms with Gasteiger partial charge in [-0.05, 0) is 26.0 Å². The number of para-hydroxylation sites is 1. The topological polar surface area (TPSA) is 54.5 Å². The summed E-state index contributed by atoms with van der Waals surface area (Å²) in [5, 5.41) is 3.90. The number of benzene rings is 1. The van der Waals surface area contributed by atoms with Crippen LogP contribution in [0.2, 0.25) is 0 Å². The molecule has 1 atom stereocenters. The Bertz CT molecular complexity index is 638. The van der Waals surface area contributed by atoms with Crippen LogP contribution in [0.25, 0.3) is 10.2 Å². The van der Waals surface area contributed by atoms with Gasteiger partial charge in [0.25, 0.3) is 0 Å². The van der Waals surface area contributed by atoms with Crippen LogP contribution in [0.3, 0.4) is 0 Å². The number of aromatic nitrogens is 1. The molecule has 2 aromatic rings. The van der Waals surface area contributed by atoms with Crippen LogP contribution in [0.4, 0.5) is 0 Å². The van der Waals surface area contributed by atoms with Crippen molar-refractivity contribution in [2.45, 2.75) is 39.0 Å². The minimum atomic E-state index is -0.0125. The zero-order chi connectivity index (χ0) is 16.2. The molecule has 1 aromatic carbocycles. The predicted octanol–water partition coefficient (Wildman–Crippen LogP) is 2.41. The Hall–Kier alpha value is -1.50. The van der Waals surface area contributed by atoms with Crippen LogP contribution in [0.5, 0.6) is 0 Å². The number of hydrogen-bond acceptors (Lipinski definition) is 5. The minimum absolute atomic E-state index is 0.0125. The predicted molar refractivity (Wildman–Crippen MR) is 92.5 cm³/mol. The van der Waals surface area contributed by atoms with E-state index in [-0.39, 0.29) is 12.0 Å². The number of fused-ring (bicyclic) bond motifs is 1. The van der Waals surface area contributed by atoms with Crippen LogP contribution < -0.4 is 5.32 Å². The standard InChI is InChI=1S/C17H23N3O2S/c1-12(2)20-7-8-22-13(11-20)9-16(21)18-10-17-19-14-5-3-4-6-15(14)23-17/h3-6,12-13H,7-11H2,1-2H3,(H,18,21)/t13-/m1/s1. The Balaban J connectivity index is 1.49. The quantitative estimate of drug-likeness (QED) is 0.913. The van der Waals surface area contributed by atoms with E-state index < -0.39 is 0 Å². The SMILES string of the molecule is CC(C)N1CCO[C@H](CC(=O)NCc2nc3ccccc3s2)C1. The summed E-state index contributed by atoms with van der Waals surface area (Å²) >= 11 is 1.62. The monoisotopic (exact) mass is 333 g/mol. The highest BCUT2D eigenvalue weighted by Gasteiger charge is 2.24. The number of thiazole rings is 1. The third-order valence-electron chi connectivity index (χ3n) is 4.09. The van der Waals surface area contributed by atoms with E-state index in [1.807, 2.05) is 18.2 Å². The van der Waals surface area contributed by atoms with Crippen LogP contribution in [-0.4, -0.2) is 47.6 Å². The van der Waals surface area contributed by atoms with E-state index in [0.29, 0.717) is 25.6 Å². The molecule has 1 fully saturated rings. The van der Waals surface area contributed by atoms with Gasteiger partial charge >= 0.3 is 0 Å². The first kappa shape index (κ1) is 16.4. The largest absolute Gasteiger partial charge is 0.375 e. The van der Waals surface area contributed by atoms with Gasteiger partial charge < -0.3 is 10.1 Å². The third kappa shape index (κ3) is 4.28. The highest BCUT2D eigenvalue weighted by atomic mass is 32.1. The van der Waals surface area contributed by atoms with Crippen molar-refractivity contribution in [3.63, 3.8) is 0 Å². The number of nitrogens with zero attached hydrogens (tertiary/aromatic N) is 2. The number of carbonyl (C=O) groups excluding carboxylic acids is 1. The van der Waals surface area contributed by atoms with Crippen molar-refractivity contribution in [3.8, 4) is 0 Å². The van der Waals surface area contributed by atoms with Crippen molar-refractivity contribution < 1.29 is 9.53 Å². The molecule has 1 aliphatic heterocycles. The first-order valence-corrected chi connectivity index (χ1v) is 8.90. The molecular formula is C17H23N3O2S. The van der Waals surface area contributed by atoms with Crippen LogP contribution in [0.15, 0.2) is 24.3 Å². The number of morpholine rings is 1. The van der Waals surface area contributed by atoms with Crippen molar-refractivity contribution in [1.29, 1.82) is 0 Å². The molecule has 1 aromatic heterocycles. The normalized spacial score (nSPS) is 19.3. The molecule has 1 aliphatic rings. The van der Waals surface area contributed by atoms with Gasteiger partial charge in [-0.15, -0.1) is 11.3 Å². The van der Waals surface area contributed by atoms with Crippen molar-refractivity contribution in [2.75, 3.05) is 19.7 Å². The highest BCUT2D eigenvalue weighted by molar-refractivity contribution is 7.18. The molecule has 0 aliphatic carbocycles. The van der Waals surface area contributed by atoms with Crippen LogP contribution in [0.1, 0.15) is 25.3 Å². The maximum atomic E-state index is 12.1. The average Bonchev–Trinajstić information content (AvgIpc) is 2.96. The van der Waals surface area contributed by atoms with Gasteiger partial charge in [-0.3, -0.25) is 9.69 Å². The molecule has 6 heteroatoms. The van der Waals surface area contributed by atoms with Crippen molar-refractivity contribution in [3.05, 3.63) is 29.3 Å². The molecule has 1 amide bonds. The lowest BCUT2D eigenvalue weighted by atomic mass is 10.1. The maximum Gasteiger partial charge on any atom is 0.223 e. The molecule has 23 heavy (non-hydrogen) atoms. The summed E-state index contributed by atoms with van der Waals surface area (Å²) in [6.45, 7) is 7.31. The summed E-state index contributed by atoms with van der Waals surface area (Å²) in [6.07, 6.45) is 0.398. The molecular weight excluding hydrogens is 310 g/mol. The first-order chi connectivity index (χ1) is 11.1. The van der Waals surface area contributed by atoms with Gasteiger partial charge in [0.2, 0.25) is 5.91 Å². The Morgan fingerprint density at radius 1 is 1.48 bits per heavy atom. The Morgan fingerprint density at radius 3 is 3.09 bits per heavy atom. The zero-order valence-corrected chi connectivity index (χ0v) is 14.4. The molecule has 0 unspecified atom stereocenters. The zero-order valence-electron chi connectivity index (χ0n) is 13.6. The fraction of sp³-hybridized carbons (Fsp3) is 0.529. The van der Waals surface area contributed by atoms with Gasteiger partial charge in [0.05, 0.1) is 35.9 Å². The molecule has 5 nitrogen and oxygen atoms in total. The summed E-state index contributed by atoms with van der Waals surface area (Å²) in [6, 6.07) is 8.52. The Labute approximate surface area is 140 Å². The van der Waals surface area contributed by atoms with Gasteiger partial charge in [0, 0.05) is 19.1 Å². The van der Waals surface area contributed by atoms with Gasteiger partial charge in [0.1, 0.15) is 5.01 Å². The lowest BCUT2D eigenvalue weighted by Gasteiger charge is -2.35. The second-order valence-corrected chi connectivity index (χ2v) is 7.25. The van der Waals surface area contributed by atoms with Crippen LogP contribution >= 0.6 is 11.3 Å². The number of amides is 1. The summed E-state index contributed by atoms with van der Waals surface area (Å²) in [5.41, 5.74) is 0.991. The van der Waals surface area contributed by atoms with E-state index in [1.54, 1.807) is 11.3 Å². The first-order valence-electron chi connectivity index (χ1n) is 8.08. The Morgan fingerprint density at radius 2 is 2.30 bits per heavy atom. The Kier molecular flexibility index (Phi) is 5.25. The molecule has 0 bridgehead atoms. The maximum absolute atomic E-state index is 12.1. The average molecular weight is 333 g/mol. The number of carbonyl (C=O) groups is 1. The van der Waals surface area contributed by atoms with E-state index in [4.69, 9.17) is 4.74 Å². The third-order valence-corrected chi connectivity index (χ3v) is 5.12. The summed E-state index contributed by atoms with van der Waals surface area (Å²) in [4.78, 5) is 19.0.